The molecule has 1 saturated carbocycles. The highest BCUT2D eigenvalue weighted by molar-refractivity contribution is 9.10. The van der Waals surface area contributed by atoms with Gasteiger partial charge in [-0.15, -0.1) is 0 Å². The highest BCUT2D eigenvalue weighted by atomic mass is 79.9. The van der Waals surface area contributed by atoms with Crippen LogP contribution in [-0.4, -0.2) is 16.0 Å². The van der Waals surface area contributed by atoms with Crippen molar-refractivity contribution < 1.29 is 0 Å². The Labute approximate surface area is 98.8 Å². The fourth-order valence-corrected chi connectivity index (χ4v) is 2.63. The third kappa shape index (κ3) is 2.68. The molecule has 4 heteroatoms. The Balaban J connectivity index is 2.10. The van der Waals surface area contributed by atoms with Gasteiger partial charge in [-0.1, -0.05) is 13.3 Å². The van der Waals surface area contributed by atoms with E-state index in [0.29, 0.717) is 6.04 Å². The maximum Gasteiger partial charge on any atom is 0.131 e. The van der Waals surface area contributed by atoms with E-state index in [1.165, 1.54) is 19.3 Å². The Morgan fingerprint density at radius 3 is 2.80 bits per heavy atom. The zero-order valence-corrected chi connectivity index (χ0v) is 10.7. The second-order valence-electron chi connectivity index (χ2n) is 4.28. The number of rotatable bonds is 2. The lowest BCUT2D eigenvalue weighted by Gasteiger charge is -2.18. The van der Waals surface area contributed by atoms with Crippen molar-refractivity contribution in [1.29, 1.82) is 0 Å². The number of hydrogen-bond acceptors (Lipinski definition) is 3. The highest BCUT2D eigenvalue weighted by Crippen LogP contribution is 2.27. The molecule has 1 heterocycles. The minimum atomic E-state index is 0.575. The smallest absolute Gasteiger partial charge is 0.131 e. The third-order valence-electron chi connectivity index (χ3n) is 3.00. The zero-order valence-electron chi connectivity index (χ0n) is 9.13. The van der Waals surface area contributed by atoms with Crippen LogP contribution in [0.1, 0.15) is 32.0 Å². The Bertz CT molecular complexity index is 333. The van der Waals surface area contributed by atoms with Crippen molar-refractivity contribution in [2.75, 3.05) is 5.32 Å². The van der Waals surface area contributed by atoms with E-state index < -0.39 is 0 Å². The Kier molecular flexibility index (Phi) is 3.24. The van der Waals surface area contributed by atoms with Crippen LogP contribution < -0.4 is 5.32 Å². The maximum atomic E-state index is 4.38. The Hall–Kier alpha value is -0.640. The summed E-state index contributed by atoms with van der Waals surface area (Å²) in [5.41, 5.74) is 0. The van der Waals surface area contributed by atoms with Crippen molar-refractivity contribution >= 4 is 21.7 Å². The summed E-state index contributed by atoms with van der Waals surface area (Å²) < 4.78 is 0.850. The molecule has 1 aliphatic rings. The van der Waals surface area contributed by atoms with Gasteiger partial charge in [-0.3, -0.25) is 0 Å². The standard InChI is InChI=1S/C11H16BrN3/c1-7-4-3-5-9(7)15-11-6-10(12)13-8(2)14-11/h6-7,9H,3-5H2,1-2H3,(H,13,14,15). The van der Waals surface area contributed by atoms with Gasteiger partial charge >= 0.3 is 0 Å². The normalized spacial score (nSPS) is 25.5. The molecule has 0 radical (unpaired) electrons. The summed E-state index contributed by atoms with van der Waals surface area (Å²) in [6, 6.07) is 2.52. The van der Waals surface area contributed by atoms with Crippen molar-refractivity contribution in [3.63, 3.8) is 0 Å². The zero-order chi connectivity index (χ0) is 10.8. The lowest BCUT2D eigenvalue weighted by atomic mass is 10.1. The van der Waals surface area contributed by atoms with Crippen molar-refractivity contribution in [3.8, 4) is 0 Å². The van der Waals surface area contributed by atoms with Gasteiger partial charge in [-0.05, 0) is 41.6 Å². The van der Waals surface area contributed by atoms with Gasteiger partial charge in [0.15, 0.2) is 0 Å². The van der Waals surface area contributed by atoms with Gasteiger partial charge in [0.1, 0.15) is 16.2 Å². The molecule has 0 saturated heterocycles. The van der Waals surface area contributed by atoms with Crippen LogP contribution in [-0.2, 0) is 0 Å². The molecular formula is C11H16BrN3. The summed E-state index contributed by atoms with van der Waals surface area (Å²) in [6.45, 7) is 4.21. The predicted octanol–water partition coefficient (Wildman–Crippen LogP) is 3.15. The second kappa shape index (κ2) is 4.47. The average molecular weight is 270 g/mol. The largest absolute Gasteiger partial charge is 0.367 e. The van der Waals surface area contributed by atoms with E-state index in [-0.39, 0.29) is 0 Å². The molecule has 0 amide bonds. The van der Waals surface area contributed by atoms with Crippen LogP contribution in [0, 0.1) is 12.8 Å². The molecule has 0 bridgehead atoms. The van der Waals surface area contributed by atoms with Crippen molar-refractivity contribution in [2.45, 2.75) is 39.2 Å². The van der Waals surface area contributed by atoms with E-state index in [4.69, 9.17) is 0 Å². The van der Waals surface area contributed by atoms with Crippen molar-refractivity contribution in [1.82, 2.24) is 9.97 Å². The minimum absolute atomic E-state index is 0.575. The molecule has 2 unspecified atom stereocenters. The fraction of sp³-hybridized carbons (Fsp3) is 0.636. The Morgan fingerprint density at radius 2 is 2.20 bits per heavy atom. The van der Waals surface area contributed by atoms with Crippen LogP contribution >= 0.6 is 15.9 Å². The summed E-state index contributed by atoms with van der Waals surface area (Å²) in [5.74, 6) is 2.49. The lowest BCUT2D eigenvalue weighted by Crippen LogP contribution is -2.22. The van der Waals surface area contributed by atoms with E-state index in [9.17, 15) is 0 Å². The summed E-state index contributed by atoms with van der Waals surface area (Å²) >= 11 is 3.39. The van der Waals surface area contributed by atoms with Gasteiger partial charge in [-0.25, -0.2) is 9.97 Å². The number of aryl methyl sites for hydroxylation is 1. The monoisotopic (exact) mass is 269 g/mol. The second-order valence-corrected chi connectivity index (χ2v) is 5.09. The fourth-order valence-electron chi connectivity index (χ4n) is 2.16. The van der Waals surface area contributed by atoms with E-state index in [1.54, 1.807) is 0 Å². The van der Waals surface area contributed by atoms with Crippen molar-refractivity contribution in [3.05, 3.63) is 16.5 Å². The molecule has 0 aliphatic heterocycles. The summed E-state index contributed by atoms with van der Waals surface area (Å²) in [4.78, 5) is 8.57. The molecule has 3 nitrogen and oxygen atoms in total. The van der Waals surface area contributed by atoms with Gasteiger partial charge < -0.3 is 5.32 Å². The molecular weight excluding hydrogens is 254 g/mol. The van der Waals surface area contributed by atoms with E-state index in [2.05, 4.69) is 38.1 Å². The van der Waals surface area contributed by atoms with E-state index in [0.717, 1.165) is 22.2 Å². The Morgan fingerprint density at radius 1 is 1.40 bits per heavy atom. The molecule has 2 rings (SSSR count). The number of hydrogen-bond donors (Lipinski definition) is 1. The minimum Gasteiger partial charge on any atom is -0.367 e. The molecule has 0 spiro atoms. The van der Waals surface area contributed by atoms with Crippen LogP contribution in [0.25, 0.3) is 0 Å². The first kappa shape index (κ1) is 10.9. The van der Waals surface area contributed by atoms with Gasteiger partial charge in [0, 0.05) is 12.1 Å². The maximum absolute atomic E-state index is 4.38. The first-order chi connectivity index (χ1) is 7.15. The SMILES string of the molecule is Cc1nc(Br)cc(NC2CCCC2C)n1. The first-order valence-electron chi connectivity index (χ1n) is 5.43. The molecule has 15 heavy (non-hydrogen) atoms. The topological polar surface area (TPSA) is 37.8 Å². The van der Waals surface area contributed by atoms with Gasteiger partial charge in [-0.2, -0.15) is 0 Å². The molecule has 2 atom stereocenters. The third-order valence-corrected chi connectivity index (χ3v) is 3.41. The van der Waals surface area contributed by atoms with Crippen molar-refractivity contribution in [2.24, 2.45) is 5.92 Å². The molecule has 82 valence electrons. The average Bonchev–Trinajstić information content (AvgIpc) is 2.50. The highest BCUT2D eigenvalue weighted by Gasteiger charge is 2.23. The molecule has 1 aromatic heterocycles. The van der Waals surface area contributed by atoms with Gasteiger partial charge in [0.25, 0.3) is 0 Å². The molecule has 1 aliphatic carbocycles. The number of nitrogens with one attached hydrogen (secondary N) is 1. The molecule has 1 fully saturated rings. The van der Waals surface area contributed by atoms with Crippen LogP contribution in [0.2, 0.25) is 0 Å². The summed E-state index contributed by atoms with van der Waals surface area (Å²) in [7, 11) is 0. The summed E-state index contributed by atoms with van der Waals surface area (Å²) in [6.07, 6.45) is 3.90. The number of nitrogens with zero attached hydrogens (tertiary/aromatic N) is 2. The number of halogens is 1. The summed E-state index contributed by atoms with van der Waals surface area (Å²) in [5, 5.41) is 3.49. The molecule has 0 aromatic carbocycles. The van der Waals surface area contributed by atoms with Crippen LogP contribution in [0.15, 0.2) is 10.7 Å². The lowest BCUT2D eigenvalue weighted by molar-refractivity contribution is 0.554. The predicted molar refractivity (Wildman–Crippen MR) is 64.9 cm³/mol. The van der Waals surface area contributed by atoms with Gasteiger partial charge in [0.2, 0.25) is 0 Å². The van der Waals surface area contributed by atoms with E-state index >= 15 is 0 Å². The van der Waals surface area contributed by atoms with Crippen LogP contribution in [0.5, 0.6) is 0 Å². The first-order valence-corrected chi connectivity index (χ1v) is 6.22. The molecule has 1 N–H and O–H groups in total. The number of anilines is 1. The van der Waals surface area contributed by atoms with Crippen LogP contribution in [0.3, 0.4) is 0 Å². The van der Waals surface area contributed by atoms with E-state index in [1.807, 2.05) is 13.0 Å². The van der Waals surface area contributed by atoms with Gasteiger partial charge in [0.05, 0.1) is 0 Å². The quantitative estimate of drug-likeness (QED) is 0.839. The van der Waals surface area contributed by atoms with Crippen LogP contribution in [0.4, 0.5) is 5.82 Å². The molecule has 1 aromatic rings. The number of aromatic nitrogens is 2.